The van der Waals surface area contributed by atoms with Gasteiger partial charge in [-0.2, -0.15) is 0 Å². The van der Waals surface area contributed by atoms with Gasteiger partial charge in [0.15, 0.2) is 10.8 Å². The highest BCUT2D eigenvalue weighted by Crippen LogP contribution is 2.38. The predicted octanol–water partition coefficient (Wildman–Crippen LogP) is 7.62. The third kappa shape index (κ3) is 4.15. The second-order valence-electron chi connectivity index (χ2n) is 6.25. The predicted molar refractivity (Wildman–Crippen MR) is 127 cm³/mol. The second kappa shape index (κ2) is 9.00. The summed E-state index contributed by atoms with van der Waals surface area (Å²) >= 11 is 15.9. The molecule has 0 spiro atoms. The zero-order valence-electron chi connectivity index (χ0n) is 16.0. The summed E-state index contributed by atoms with van der Waals surface area (Å²) in [4.78, 5) is 9.77. The van der Waals surface area contributed by atoms with Crippen LogP contribution in [0.1, 0.15) is 13.8 Å². The molecule has 3 nitrogen and oxygen atoms in total. The minimum absolute atomic E-state index is 0.521. The first-order chi connectivity index (χ1) is 14.1. The number of benzene rings is 2. The zero-order valence-corrected chi connectivity index (χ0v) is 19.2. The molecule has 0 aliphatic heterocycles. The van der Waals surface area contributed by atoms with Crippen LogP contribution in [0.2, 0.25) is 10.0 Å². The molecule has 0 saturated heterocycles. The SMILES string of the molecule is CCSc1nc(SCC)c2c(-c3ccccc3)cn(-c3ccc(Cl)c(Cl)c3)c2n1. The van der Waals surface area contributed by atoms with Crippen molar-refractivity contribution in [2.45, 2.75) is 24.0 Å². The Labute approximate surface area is 188 Å². The number of fused-ring (bicyclic) bond motifs is 1. The van der Waals surface area contributed by atoms with Gasteiger partial charge in [0.05, 0.1) is 15.4 Å². The van der Waals surface area contributed by atoms with Crippen LogP contribution in [-0.4, -0.2) is 26.0 Å². The van der Waals surface area contributed by atoms with Gasteiger partial charge in [0, 0.05) is 17.4 Å². The molecule has 0 atom stereocenters. The fourth-order valence-corrected chi connectivity index (χ4v) is 4.86. The van der Waals surface area contributed by atoms with Crippen LogP contribution in [0.25, 0.3) is 27.8 Å². The van der Waals surface area contributed by atoms with E-state index < -0.39 is 0 Å². The average Bonchev–Trinajstić information content (AvgIpc) is 3.11. The highest BCUT2D eigenvalue weighted by Gasteiger charge is 2.19. The molecule has 4 aromatic rings. The standard InChI is InChI=1S/C22H19Cl2N3S2/c1-3-28-21-19-16(14-8-6-5-7-9-14)13-27(15-10-11-17(23)18(24)12-15)20(19)25-22(26-21)29-4-2/h5-13H,3-4H2,1-2H3. The van der Waals surface area contributed by atoms with Crippen LogP contribution < -0.4 is 0 Å². The Morgan fingerprint density at radius 2 is 1.66 bits per heavy atom. The van der Waals surface area contributed by atoms with E-state index in [-0.39, 0.29) is 0 Å². The fraction of sp³-hybridized carbons (Fsp3) is 0.182. The van der Waals surface area contributed by atoms with E-state index in [2.05, 4.69) is 36.7 Å². The van der Waals surface area contributed by atoms with Gasteiger partial charge in [-0.05, 0) is 35.3 Å². The van der Waals surface area contributed by atoms with E-state index in [0.717, 1.165) is 49.5 Å². The Kier molecular flexibility index (Phi) is 6.40. The summed E-state index contributed by atoms with van der Waals surface area (Å²) < 4.78 is 2.08. The van der Waals surface area contributed by atoms with Crippen molar-refractivity contribution < 1.29 is 0 Å². The molecule has 0 N–H and O–H groups in total. The largest absolute Gasteiger partial charge is 0.300 e. The van der Waals surface area contributed by atoms with E-state index in [9.17, 15) is 0 Å². The molecule has 0 aliphatic carbocycles. The summed E-state index contributed by atoms with van der Waals surface area (Å²) in [6, 6.07) is 16.0. The van der Waals surface area contributed by atoms with Crippen molar-refractivity contribution in [1.82, 2.24) is 14.5 Å². The van der Waals surface area contributed by atoms with Crippen LogP contribution in [0.4, 0.5) is 0 Å². The zero-order chi connectivity index (χ0) is 20.4. The Morgan fingerprint density at radius 1 is 0.897 bits per heavy atom. The van der Waals surface area contributed by atoms with Gasteiger partial charge in [0.2, 0.25) is 0 Å². The van der Waals surface area contributed by atoms with Crippen molar-refractivity contribution in [2.75, 3.05) is 11.5 Å². The Hall–Kier alpha value is -1.66. The van der Waals surface area contributed by atoms with Gasteiger partial charge in [-0.15, -0.1) is 11.8 Å². The average molecular weight is 460 g/mol. The lowest BCUT2D eigenvalue weighted by atomic mass is 10.1. The van der Waals surface area contributed by atoms with Crippen LogP contribution >= 0.6 is 46.7 Å². The molecule has 2 heterocycles. The smallest absolute Gasteiger partial charge is 0.190 e. The van der Waals surface area contributed by atoms with Crippen molar-refractivity contribution in [2.24, 2.45) is 0 Å². The maximum Gasteiger partial charge on any atom is 0.190 e. The lowest BCUT2D eigenvalue weighted by molar-refractivity contribution is 0.912. The van der Waals surface area contributed by atoms with Crippen LogP contribution in [0.3, 0.4) is 0 Å². The van der Waals surface area contributed by atoms with Crippen LogP contribution in [-0.2, 0) is 0 Å². The first-order valence-corrected chi connectivity index (χ1v) is 12.0. The number of rotatable bonds is 6. The van der Waals surface area contributed by atoms with Gasteiger partial charge < -0.3 is 4.57 Å². The van der Waals surface area contributed by atoms with Crippen LogP contribution in [0.5, 0.6) is 0 Å². The lowest BCUT2D eigenvalue weighted by Crippen LogP contribution is -1.98. The lowest BCUT2D eigenvalue weighted by Gasteiger charge is -2.09. The molecule has 29 heavy (non-hydrogen) atoms. The second-order valence-corrected chi connectivity index (χ2v) is 9.55. The van der Waals surface area contributed by atoms with Crippen molar-refractivity contribution >= 4 is 57.8 Å². The van der Waals surface area contributed by atoms with Gasteiger partial charge in [-0.3, -0.25) is 0 Å². The van der Waals surface area contributed by atoms with Crippen LogP contribution in [0.15, 0.2) is 64.9 Å². The van der Waals surface area contributed by atoms with Crippen molar-refractivity contribution in [3.05, 3.63) is 64.8 Å². The Bertz CT molecular complexity index is 1160. The molecule has 0 amide bonds. The van der Waals surface area contributed by atoms with Crippen LogP contribution in [0, 0.1) is 0 Å². The maximum atomic E-state index is 6.31. The summed E-state index contributed by atoms with van der Waals surface area (Å²) in [5.74, 6) is 1.86. The quantitative estimate of drug-likeness (QED) is 0.168. The number of hydrogen-bond donors (Lipinski definition) is 0. The van der Waals surface area contributed by atoms with Gasteiger partial charge in [0.1, 0.15) is 5.03 Å². The molecule has 7 heteroatoms. The minimum atomic E-state index is 0.521. The summed E-state index contributed by atoms with van der Waals surface area (Å²) in [6.45, 7) is 4.25. The topological polar surface area (TPSA) is 30.7 Å². The monoisotopic (exact) mass is 459 g/mol. The Morgan fingerprint density at radius 3 is 2.34 bits per heavy atom. The summed E-state index contributed by atoms with van der Waals surface area (Å²) in [5.41, 5.74) is 4.04. The van der Waals surface area contributed by atoms with Crippen molar-refractivity contribution in [1.29, 1.82) is 0 Å². The normalized spacial score (nSPS) is 11.3. The molecule has 0 fully saturated rings. The highest BCUT2D eigenvalue weighted by atomic mass is 35.5. The molecule has 0 saturated carbocycles. The van der Waals surface area contributed by atoms with Gasteiger partial charge in [-0.1, -0.05) is 79.1 Å². The fourth-order valence-electron chi connectivity index (χ4n) is 3.18. The molecule has 0 unspecified atom stereocenters. The van der Waals surface area contributed by atoms with Crippen molar-refractivity contribution in [3.63, 3.8) is 0 Å². The number of hydrogen-bond acceptors (Lipinski definition) is 4. The van der Waals surface area contributed by atoms with E-state index in [1.54, 1.807) is 23.5 Å². The highest BCUT2D eigenvalue weighted by molar-refractivity contribution is 7.99. The molecule has 0 radical (unpaired) electrons. The Balaban J connectivity index is 2.05. The third-order valence-electron chi connectivity index (χ3n) is 4.41. The van der Waals surface area contributed by atoms with E-state index in [4.69, 9.17) is 33.2 Å². The van der Waals surface area contributed by atoms with E-state index in [1.165, 1.54) is 0 Å². The molecule has 4 rings (SSSR count). The summed E-state index contributed by atoms with van der Waals surface area (Å²) in [6.07, 6.45) is 2.12. The van der Waals surface area contributed by atoms with E-state index >= 15 is 0 Å². The van der Waals surface area contributed by atoms with Crippen molar-refractivity contribution in [3.8, 4) is 16.8 Å². The van der Waals surface area contributed by atoms with E-state index in [0.29, 0.717) is 10.0 Å². The summed E-state index contributed by atoms with van der Waals surface area (Å²) in [7, 11) is 0. The molecule has 0 aliphatic rings. The molecule has 148 valence electrons. The first-order valence-electron chi connectivity index (χ1n) is 9.32. The van der Waals surface area contributed by atoms with E-state index in [1.807, 2.05) is 36.4 Å². The maximum absolute atomic E-state index is 6.31. The summed E-state index contributed by atoms with van der Waals surface area (Å²) in [5, 5.41) is 3.91. The molecular formula is C22H19Cl2N3S2. The molecular weight excluding hydrogens is 441 g/mol. The van der Waals surface area contributed by atoms with Gasteiger partial charge in [0.25, 0.3) is 0 Å². The first kappa shape index (κ1) is 20.6. The van der Waals surface area contributed by atoms with Gasteiger partial charge in [-0.25, -0.2) is 9.97 Å². The number of halogens is 2. The third-order valence-corrected chi connectivity index (χ3v) is 6.74. The number of thioether (sulfide) groups is 2. The van der Waals surface area contributed by atoms with Gasteiger partial charge >= 0.3 is 0 Å². The molecule has 0 bridgehead atoms. The number of nitrogens with zero attached hydrogens (tertiary/aromatic N) is 3. The molecule has 2 aromatic heterocycles. The number of aromatic nitrogens is 3. The molecule has 2 aromatic carbocycles. The minimum Gasteiger partial charge on any atom is -0.300 e.